The number of carbonyl (C=O) groups excluding carboxylic acids is 2. The highest BCUT2D eigenvalue weighted by molar-refractivity contribution is 6.30. The zero-order chi connectivity index (χ0) is 17.8. The fourth-order valence-electron chi connectivity index (χ4n) is 2.66. The van der Waals surface area contributed by atoms with Gasteiger partial charge in [-0.2, -0.15) is 0 Å². The number of fused-ring (bicyclic) bond motifs is 1. The van der Waals surface area contributed by atoms with Crippen molar-refractivity contribution in [2.45, 2.75) is 26.1 Å². The Morgan fingerprint density at radius 1 is 1.24 bits per heavy atom. The van der Waals surface area contributed by atoms with Gasteiger partial charge in [0.2, 0.25) is 0 Å². The topological polar surface area (TPSA) is 55.8 Å². The number of amides is 1. The van der Waals surface area contributed by atoms with Gasteiger partial charge >= 0.3 is 5.97 Å². The lowest BCUT2D eigenvalue weighted by Gasteiger charge is -2.32. The molecule has 5 nitrogen and oxygen atoms in total. The Labute approximate surface area is 151 Å². The number of hydrogen-bond acceptors (Lipinski definition) is 4. The van der Waals surface area contributed by atoms with Crippen molar-refractivity contribution >= 4 is 29.2 Å². The summed E-state index contributed by atoms with van der Waals surface area (Å²) in [5, 5.41) is 0.595. The van der Waals surface area contributed by atoms with Crippen LogP contribution in [-0.4, -0.2) is 24.5 Å². The minimum absolute atomic E-state index is 0.105. The van der Waals surface area contributed by atoms with Crippen molar-refractivity contribution in [2.75, 3.05) is 11.4 Å². The van der Waals surface area contributed by atoms with Crippen molar-refractivity contribution in [3.8, 4) is 5.75 Å². The van der Waals surface area contributed by atoms with Crippen LogP contribution in [0.1, 0.15) is 18.9 Å². The lowest BCUT2D eigenvalue weighted by atomic mass is 10.2. The first-order valence-corrected chi connectivity index (χ1v) is 8.39. The van der Waals surface area contributed by atoms with Crippen molar-refractivity contribution in [3.63, 3.8) is 0 Å². The summed E-state index contributed by atoms with van der Waals surface area (Å²) in [5.74, 6) is 0.104. The van der Waals surface area contributed by atoms with E-state index in [2.05, 4.69) is 0 Å². The van der Waals surface area contributed by atoms with Crippen LogP contribution in [0.15, 0.2) is 48.5 Å². The smallest absolute Gasteiger partial charge is 0.307 e. The number of esters is 1. The fourth-order valence-corrected chi connectivity index (χ4v) is 2.87. The number of nitrogens with zero attached hydrogens (tertiary/aromatic N) is 1. The van der Waals surface area contributed by atoms with Gasteiger partial charge < -0.3 is 14.4 Å². The molecule has 2 aromatic rings. The molecule has 0 saturated heterocycles. The Morgan fingerprint density at radius 2 is 2.04 bits per heavy atom. The van der Waals surface area contributed by atoms with Crippen LogP contribution in [0.4, 0.5) is 5.69 Å². The molecule has 3 rings (SSSR count). The van der Waals surface area contributed by atoms with E-state index in [-0.39, 0.29) is 31.4 Å². The number of benzene rings is 2. The van der Waals surface area contributed by atoms with Gasteiger partial charge in [-0.15, -0.1) is 0 Å². The van der Waals surface area contributed by atoms with E-state index in [1.165, 1.54) is 0 Å². The maximum Gasteiger partial charge on any atom is 0.307 e. The van der Waals surface area contributed by atoms with Gasteiger partial charge in [-0.3, -0.25) is 9.59 Å². The standard InChI is InChI=1S/C19H18ClNO4/c1-13-19(23)21(16-7-2-3-8-17(16)25-13)10-9-18(22)24-12-14-5-4-6-15(20)11-14/h2-8,11,13H,9-10,12H2,1H3. The lowest BCUT2D eigenvalue weighted by molar-refractivity contribution is -0.144. The van der Waals surface area contributed by atoms with Gasteiger partial charge in [0, 0.05) is 11.6 Å². The van der Waals surface area contributed by atoms with Crippen molar-refractivity contribution in [3.05, 3.63) is 59.1 Å². The lowest BCUT2D eigenvalue weighted by Crippen LogP contribution is -2.45. The molecule has 0 spiro atoms. The molecule has 2 aromatic carbocycles. The second-order valence-corrected chi connectivity index (χ2v) is 6.19. The van der Waals surface area contributed by atoms with Crippen molar-refractivity contribution in [1.29, 1.82) is 0 Å². The predicted molar refractivity (Wildman–Crippen MR) is 94.8 cm³/mol. The van der Waals surface area contributed by atoms with Crippen LogP contribution in [0.25, 0.3) is 0 Å². The first kappa shape index (κ1) is 17.3. The summed E-state index contributed by atoms with van der Waals surface area (Å²) in [6.07, 6.45) is -0.467. The molecule has 0 saturated carbocycles. The van der Waals surface area contributed by atoms with Crippen LogP contribution in [0.3, 0.4) is 0 Å². The third-order valence-electron chi connectivity index (χ3n) is 3.90. The molecule has 1 heterocycles. The monoisotopic (exact) mass is 359 g/mol. The summed E-state index contributed by atoms with van der Waals surface area (Å²) in [6.45, 7) is 2.10. The molecule has 1 amide bonds. The number of carbonyl (C=O) groups is 2. The third-order valence-corrected chi connectivity index (χ3v) is 4.14. The van der Waals surface area contributed by atoms with Gasteiger partial charge in [-0.1, -0.05) is 35.9 Å². The molecule has 1 aliphatic rings. The molecule has 0 aromatic heterocycles. The molecule has 6 heteroatoms. The van der Waals surface area contributed by atoms with Crippen LogP contribution >= 0.6 is 11.6 Å². The van der Waals surface area contributed by atoms with E-state index in [1.54, 1.807) is 36.1 Å². The number of anilines is 1. The highest BCUT2D eigenvalue weighted by Gasteiger charge is 2.31. The molecular weight excluding hydrogens is 342 g/mol. The second-order valence-electron chi connectivity index (χ2n) is 5.76. The summed E-state index contributed by atoms with van der Waals surface area (Å²) in [7, 11) is 0. The molecule has 0 radical (unpaired) electrons. The van der Waals surface area contributed by atoms with Gasteiger partial charge in [0.25, 0.3) is 5.91 Å². The van der Waals surface area contributed by atoms with E-state index in [4.69, 9.17) is 21.1 Å². The Bertz CT molecular complexity index is 792. The van der Waals surface area contributed by atoms with Crippen molar-refractivity contribution in [1.82, 2.24) is 0 Å². The Hall–Kier alpha value is -2.53. The molecule has 1 unspecified atom stereocenters. The minimum Gasteiger partial charge on any atom is -0.479 e. The number of para-hydroxylation sites is 2. The van der Waals surface area contributed by atoms with Crippen LogP contribution in [0.2, 0.25) is 5.02 Å². The van der Waals surface area contributed by atoms with Gasteiger partial charge in [0.15, 0.2) is 6.10 Å². The van der Waals surface area contributed by atoms with E-state index in [0.29, 0.717) is 16.5 Å². The third kappa shape index (κ3) is 4.12. The van der Waals surface area contributed by atoms with Gasteiger partial charge in [-0.05, 0) is 36.8 Å². The van der Waals surface area contributed by atoms with Crippen LogP contribution in [0, 0.1) is 0 Å². The number of halogens is 1. The van der Waals surface area contributed by atoms with Gasteiger partial charge in [0.05, 0.1) is 12.1 Å². The van der Waals surface area contributed by atoms with E-state index >= 15 is 0 Å². The molecule has 0 bridgehead atoms. The second kappa shape index (κ2) is 7.57. The predicted octanol–water partition coefficient (Wildman–Crippen LogP) is 3.59. The molecule has 0 fully saturated rings. The zero-order valence-electron chi connectivity index (χ0n) is 13.8. The molecule has 25 heavy (non-hydrogen) atoms. The first-order chi connectivity index (χ1) is 12.0. The fraction of sp³-hybridized carbons (Fsp3) is 0.263. The first-order valence-electron chi connectivity index (χ1n) is 8.02. The van der Waals surface area contributed by atoms with Crippen LogP contribution in [0.5, 0.6) is 5.75 Å². The summed E-state index contributed by atoms with van der Waals surface area (Å²) in [6, 6.07) is 14.4. The van der Waals surface area contributed by atoms with E-state index < -0.39 is 6.10 Å². The maximum absolute atomic E-state index is 12.4. The molecule has 130 valence electrons. The SMILES string of the molecule is CC1Oc2ccccc2N(CCC(=O)OCc2cccc(Cl)c2)C1=O. The number of ether oxygens (including phenoxy) is 2. The highest BCUT2D eigenvalue weighted by atomic mass is 35.5. The number of hydrogen-bond donors (Lipinski definition) is 0. The summed E-state index contributed by atoms with van der Waals surface area (Å²) < 4.78 is 10.8. The molecular formula is C19H18ClNO4. The van der Waals surface area contributed by atoms with E-state index in [1.807, 2.05) is 24.3 Å². The molecule has 1 atom stereocenters. The largest absolute Gasteiger partial charge is 0.479 e. The highest BCUT2D eigenvalue weighted by Crippen LogP contribution is 2.33. The van der Waals surface area contributed by atoms with E-state index in [9.17, 15) is 9.59 Å². The van der Waals surface area contributed by atoms with Gasteiger partial charge in [0.1, 0.15) is 12.4 Å². The van der Waals surface area contributed by atoms with Gasteiger partial charge in [-0.25, -0.2) is 0 Å². The summed E-state index contributed by atoms with van der Waals surface area (Å²) in [4.78, 5) is 25.9. The molecule has 0 aliphatic carbocycles. The molecule has 0 N–H and O–H groups in total. The Morgan fingerprint density at radius 3 is 2.84 bits per heavy atom. The normalized spacial score (nSPS) is 16.2. The zero-order valence-corrected chi connectivity index (χ0v) is 14.5. The summed E-state index contributed by atoms with van der Waals surface area (Å²) in [5.41, 5.74) is 1.50. The Kier molecular flexibility index (Phi) is 5.24. The average Bonchev–Trinajstić information content (AvgIpc) is 2.60. The van der Waals surface area contributed by atoms with Crippen LogP contribution in [-0.2, 0) is 20.9 Å². The minimum atomic E-state index is -0.572. The van der Waals surface area contributed by atoms with Crippen LogP contribution < -0.4 is 9.64 Å². The molecule has 1 aliphatic heterocycles. The average molecular weight is 360 g/mol. The quantitative estimate of drug-likeness (QED) is 0.765. The van der Waals surface area contributed by atoms with Crippen molar-refractivity contribution < 1.29 is 19.1 Å². The summed E-state index contributed by atoms with van der Waals surface area (Å²) >= 11 is 5.90. The maximum atomic E-state index is 12.4. The number of rotatable bonds is 5. The van der Waals surface area contributed by atoms with E-state index in [0.717, 1.165) is 5.56 Å². The Balaban J connectivity index is 1.59. The van der Waals surface area contributed by atoms with Crippen molar-refractivity contribution in [2.24, 2.45) is 0 Å².